The fourth-order valence-corrected chi connectivity index (χ4v) is 0.716. The normalized spacial score (nSPS) is 30.7. The van der Waals surface area contributed by atoms with Crippen LogP contribution in [0.25, 0.3) is 0 Å². The summed E-state index contributed by atoms with van der Waals surface area (Å²) in [5.41, 5.74) is 0. The van der Waals surface area contributed by atoms with Crippen molar-refractivity contribution in [3.05, 3.63) is 6.92 Å². The maximum atomic E-state index is 4.07. The van der Waals surface area contributed by atoms with Crippen LogP contribution in [-0.4, -0.2) is 12.8 Å². The number of hydrogen-bond donors (Lipinski definition) is 0. The van der Waals surface area contributed by atoms with Crippen LogP contribution in [0.15, 0.2) is 4.99 Å². The van der Waals surface area contributed by atoms with Crippen molar-refractivity contribution in [1.29, 1.82) is 0 Å². The highest BCUT2D eigenvalue weighted by Crippen LogP contribution is 2.07. The van der Waals surface area contributed by atoms with Gasteiger partial charge in [-0.15, -0.1) is 0 Å². The van der Waals surface area contributed by atoms with Crippen molar-refractivity contribution in [2.24, 2.45) is 10.9 Å². The Balaban J connectivity index is 2.32. The minimum absolute atomic E-state index is 0.588. The predicted octanol–water partition coefficient (Wildman–Crippen LogP) is 1.30. The van der Waals surface area contributed by atoms with Crippen LogP contribution < -0.4 is 0 Å². The molecule has 0 saturated heterocycles. The summed E-state index contributed by atoms with van der Waals surface area (Å²) in [5.74, 6) is 0.588. The third-order valence-electron chi connectivity index (χ3n) is 1.20. The Morgan fingerprint density at radius 2 is 2.57 bits per heavy atom. The molecule has 0 spiro atoms. The zero-order valence-corrected chi connectivity index (χ0v) is 4.43. The van der Waals surface area contributed by atoms with E-state index in [1.54, 1.807) is 0 Å². The first-order valence-electron chi connectivity index (χ1n) is 2.71. The van der Waals surface area contributed by atoms with Gasteiger partial charge in [0.25, 0.3) is 0 Å². The summed E-state index contributed by atoms with van der Waals surface area (Å²) in [6.07, 6.45) is 4.35. The zero-order chi connectivity index (χ0) is 5.11. The van der Waals surface area contributed by atoms with E-state index in [9.17, 15) is 0 Å². The third kappa shape index (κ3) is 1.30. The summed E-state index contributed by atoms with van der Waals surface area (Å²) in [4.78, 5) is 4.07. The molecule has 1 atom stereocenters. The molecule has 1 nitrogen and oxygen atoms in total. The Labute approximate surface area is 44.5 Å². The van der Waals surface area contributed by atoms with Gasteiger partial charge < -0.3 is 0 Å². The molecule has 0 aromatic heterocycles. The SMILES string of the molecule is [CH2]C1CCC=NC1. The third-order valence-corrected chi connectivity index (χ3v) is 1.20. The van der Waals surface area contributed by atoms with Crippen molar-refractivity contribution in [1.82, 2.24) is 0 Å². The van der Waals surface area contributed by atoms with E-state index in [4.69, 9.17) is 0 Å². The van der Waals surface area contributed by atoms with Gasteiger partial charge in [0.05, 0.1) is 0 Å². The smallest absolute Gasteiger partial charge is 0.0413 e. The Morgan fingerprint density at radius 1 is 1.71 bits per heavy atom. The van der Waals surface area contributed by atoms with Gasteiger partial charge in [-0.1, -0.05) is 0 Å². The molecular weight excluding hydrogens is 86.1 g/mol. The predicted molar refractivity (Wildman–Crippen MR) is 31.4 cm³/mol. The number of nitrogens with zero attached hydrogens (tertiary/aromatic N) is 1. The molecule has 0 bridgehead atoms. The van der Waals surface area contributed by atoms with Crippen molar-refractivity contribution in [2.45, 2.75) is 12.8 Å². The molecule has 0 fully saturated rings. The molecule has 1 heterocycles. The van der Waals surface area contributed by atoms with Gasteiger partial charge in [0.15, 0.2) is 0 Å². The maximum absolute atomic E-state index is 4.07. The molecular formula is C6H10N. The minimum atomic E-state index is 0.588. The maximum Gasteiger partial charge on any atom is 0.0413 e. The second kappa shape index (κ2) is 2.10. The van der Waals surface area contributed by atoms with Crippen LogP contribution >= 0.6 is 0 Å². The van der Waals surface area contributed by atoms with Crippen LogP contribution in [0.5, 0.6) is 0 Å². The van der Waals surface area contributed by atoms with Crippen LogP contribution in [0.4, 0.5) is 0 Å². The van der Waals surface area contributed by atoms with Gasteiger partial charge in [-0.05, 0) is 31.9 Å². The van der Waals surface area contributed by atoms with Crippen LogP contribution in [-0.2, 0) is 0 Å². The lowest BCUT2D eigenvalue weighted by Gasteiger charge is -2.08. The zero-order valence-electron chi connectivity index (χ0n) is 4.43. The van der Waals surface area contributed by atoms with Crippen LogP contribution in [0.1, 0.15) is 12.8 Å². The van der Waals surface area contributed by atoms with Crippen LogP contribution in [0.3, 0.4) is 0 Å². The van der Waals surface area contributed by atoms with Crippen molar-refractivity contribution >= 4 is 6.21 Å². The topological polar surface area (TPSA) is 12.4 Å². The molecule has 0 amide bonds. The first-order chi connectivity index (χ1) is 3.39. The van der Waals surface area contributed by atoms with E-state index in [0.717, 1.165) is 13.0 Å². The number of aliphatic imine (C=N–C) groups is 1. The summed E-state index contributed by atoms with van der Waals surface area (Å²) in [6.45, 7) is 4.83. The largest absolute Gasteiger partial charge is 0.297 e. The standard InChI is InChI=1S/C6H10N/c1-6-3-2-4-7-5-6/h4,6H,1-3,5H2. The fourth-order valence-electron chi connectivity index (χ4n) is 0.716. The van der Waals surface area contributed by atoms with Crippen LogP contribution in [0.2, 0.25) is 0 Å². The first kappa shape index (κ1) is 4.82. The Bertz CT molecular complexity index is 76.2. The van der Waals surface area contributed by atoms with E-state index in [-0.39, 0.29) is 0 Å². The van der Waals surface area contributed by atoms with E-state index in [0.29, 0.717) is 5.92 Å². The van der Waals surface area contributed by atoms with E-state index in [1.165, 1.54) is 6.42 Å². The lowest BCUT2D eigenvalue weighted by molar-refractivity contribution is 0.597. The summed E-state index contributed by atoms with van der Waals surface area (Å²) in [5, 5.41) is 0. The summed E-state index contributed by atoms with van der Waals surface area (Å²) < 4.78 is 0. The Kier molecular flexibility index (Phi) is 1.45. The molecule has 1 rings (SSSR count). The highest BCUT2D eigenvalue weighted by atomic mass is 14.7. The van der Waals surface area contributed by atoms with Gasteiger partial charge >= 0.3 is 0 Å². The molecule has 0 saturated carbocycles. The van der Waals surface area contributed by atoms with Crippen molar-refractivity contribution in [3.63, 3.8) is 0 Å². The Hall–Kier alpha value is -0.330. The van der Waals surface area contributed by atoms with E-state index in [2.05, 4.69) is 11.9 Å². The van der Waals surface area contributed by atoms with Crippen molar-refractivity contribution < 1.29 is 0 Å². The number of rotatable bonds is 0. The molecule has 1 unspecified atom stereocenters. The first-order valence-corrected chi connectivity index (χ1v) is 2.71. The lowest BCUT2D eigenvalue weighted by Crippen LogP contribution is -2.04. The van der Waals surface area contributed by atoms with Crippen LogP contribution in [0, 0.1) is 12.8 Å². The minimum Gasteiger partial charge on any atom is -0.297 e. The molecule has 1 aliphatic rings. The highest BCUT2D eigenvalue weighted by Gasteiger charge is 2.01. The Morgan fingerprint density at radius 3 is 2.86 bits per heavy atom. The summed E-state index contributed by atoms with van der Waals surface area (Å²) >= 11 is 0. The van der Waals surface area contributed by atoms with Gasteiger partial charge in [0, 0.05) is 6.54 Å². The quantitative estimate of drug-likeness (QED) is 0.431. The number of hydrogen-bond acceptors (Lipinski definition) is 1. The molecule has 0 N–H and O–H groups in total. The molecule has 1 aliphatic heterocycles. The van der Waals surface area contributed by atoms with E-state index >= 15 is 0 Å². The van der Waals surface area contributed by atoms with Gasteiger partial charge in [-0.25, -0.2) is 0 Å². The van der Waals surface area contributed by atoms with Gasteiger partial charge in [0.2, 0.25) is 0 Å². The molecule has 0 aromatic carbocycles. The summed E-state index contributed by atoms with van der Waals surface area (Å²) in [7, 11) is 0. The van der Waals surface area contributed by atoms with Gasteiger partial charge in [-0.3, -0.25) is 4.99 Å². The summed E-state index contributed by atoms with van der Waals surface area (Å²) in [6, 6.07) is 0. The second-order valence-corrected chi connectivity index (χ2v) is 1.99. The van der Waals surface area contributed by atoms with Crippen molar-refractivity contribution in [2.75, 3.05) is 6.54 Å². The molecule has 39 valence electrons. The lowest BCUT2D eigenvalue weighted by atomic mass is 10.0. The molecule has 0 aliphatic carbocycles. The average molecular weight is 96.2 g/mol. The molecule has 0 aromatic rings. The molecule has 1 radical (unpaired) electrons. The van der Waals surface area contributed by atoms with E-state index < -0.39 is 0 Å². The highest BCUT2D eigenvalue weighted by molar-refractivity contribution is 5.57. The van der Waals surface area contributed by atoms with Gasteiger partial charge in [0.1, 0.15) is 0 Å². The fraction of sp³-hybridized carbons (Fsp3) is 0.667. The van der Waals surface area contributed by atoms with Crippen molar-refractivity contribution in [3.8, 4) is 0 Å². The molecule has 7 heavy (non-hydrogen) atoms. The van der Waals surface area contributed by atoms with E-state index in [1.807, 2.05) is 6.21 Å². The average Bonchev–Trinajstić information content (AvgIpc) is 1.69. The van der Waals surface area contributed by atoms with Gasteiger partial charge in [-0.2, -0.15) is 0 Å². The second-order valence-electron chi connectivity index (χ2n) is 1.99. The monoisotopic (exact) mass is 96.1 g/mol. The molecule has 1 heteroatoms.